The van der Waals surface area contributed by atoms with Crippen LogP contribution >= 0.6 is 0 Å². The molecule has 0 aromatic heterocycles. The van der Waals surface area contributed by atoms with E-state index >= 15 is 0 Å². The molecular weight excluding hydrogens is 283 g/mol. The average Bonchev–Trinajstić information content (AvgIpc) is 2.50. The number of carbonyl (C=O) groups excluding carboxylic acids is 2. The molecule has 22 heavy (non-hydrogen) atoms. The zero-order chi connectivity index (χ0) is 16.3. The van der Waals surface area contributed by atoms with Gasteiger partial charge < -0.3 is 9.80 Å². The van der Waals surface area contributed by atoms with Crippen molar-refractivity contribution in [1.82, 2.24) is 9.80 Å². The van der Waals surface area contributed by atoms with E-state index < -0.39 is 6.04 Å². The summed E-state index contributed by atoms with van der Waals surface area (Å²) < 4.78 is 13.6. The van der Waals surface area contributed by atoms with E-state index in [0.717, 1.165) is 0 Å². The summed E-state index contributed by atoms with van der Waals surface area (Å²) in [6.07, 6.45) is 0.875. The molecule has 1 fully saturated rings. The minimum atomic E-state index is -0.398. The lowest BCUT2D eigenvalue weighted by Crippen LogP contribution is -2.47. The Hall–Kier alpha value is -1.91. The van der Waals surface area contributed by atoms with Gasteiger partial charge in [0, 0.05) is 26.6 Å². The van der Waals surface area contributed by atoms with Crippen molar-refractivity contribution >= 4 is 11.8 Å². The first-order valence-corrected chi connectivity index (χ1v) is 7.79. The van der Waals surface area contributed by atoms with Gasteiger partial charge in [-0.1, -0.05) is 12.1 Å². The Morgan fingerprint density at radius 2 is 2.05 bits per heavy atom. The topological polar surface area (TPSA) is 40.6 Å². The molecule has 120 valence electrons. The van der Waals surface area contributed by atoms with Crippen LogP contribution < -0.4 is 0 Å². The zero-order valence-corrected chi connectivity index (χ0v) is 13.4. The zero-order valence-electron chi connectivity index (χ0n) is 13.4. The summed E-state index contributed by atoms with van der Waals surface area (Å²) in [7, 11) is 1.69. The quantitative estimate of drug-likeness (QED) is 0.858. The second-order valence-corrected chi connectivity index (χ2v) is 5.66. The molecule has 1 aliphatic rings. The van der Waals surface area contributed by atoms with Gasteiger partial charge in [0.2, 0.25) is 11.8 Å². The van der Waals surface area contributed by atoms with Crippen molar-refractivity contribution in [2.75, 3.05) is 20.1 Å². The molecule has 1 aliphatic heterocycles. The average molecular weight is 306 g/mol. The maximum Gasteiger partial charge on any atom is 0.228 e. The van der Waals surface area contributed by atoms with Crippen LogP contribution in [0, 0.1) is 11.7 Å². The third-order valence-corrected chi connectivity index (χ3v) is 4.44. The van der Waals surface area contributed by atoms with Gasteiger partial charge in [-0.25, -0.2) is 4.39 Å². The lowest BCUT2D eigenvalue weighted by molar-refractivity contribution is -0.146. The van der Waals surface area contributed by atoms with Crippen LogP contribution in [-0.4, -0.2) is 41.8 Å². The maximum absolute atomic E-state index is 13.6. The summed E-state index contributed by atoms with van der Waals surface area (Å²) in [5.41, 5.74) is 0.682. The molecule has 0 N–H and O–H groups in total. The van der Waals surface area contributed by atoms with Crippen LogP contribution in [0.15, 0.2) is 24.3 Å². The van der Waals surface area contributed by atoms with Gasteiger partial charge in [-0.2, -0.15) is 0 Å². The minimum Gasteiger partial charge on any atom is -0.343 e. The standard InChI is InChI=1S/C17H23FN2O2/c1-4-20(5-2)17(22)14-9-10-15(21)19(3)16(14)12-7-6-8-13(18)11-12/h6-8,11,14,16H,4-5,9-10H2,1-3H3. The molecular formula is C17H23FN2O2. The molecule has 4 nitrogen and oxygen atoms in total. The van der Waals surface area contributed by atoms with Gasteiger partial charge in [0.1, 0.15) is 5.82 Å². The fraction of sp³-hybridized carbons (Fsp3) is 0.529. The van der Waals surface area contributed by atoms with E-state index in [1.165, 1.54) is 12.1 Å². The first kappa shape index (κ1) is 16.5. The predicted molar refractivity (Wildman–Crippen MR) is 82.6 cm³/mol. The lowest BCUT2D eigenvalue weighted by Gasteiger charge is -2.40. The van der Waals surface area contributed by atoms with Crippen molar-refractivity contribution in [1.29, 1.82) is 0 Å². The van der Waals surface area contributed by atoms with Crippen LogP contribution in [0.2, 0.25) is 0 Å². The highest BCUT2D eigenvalue weighted by Crippen LogP contribution is 2.37. The number of likely N-dealkylation sites (tertiary alicyclic amines) is 1. The normalized spacial score (nSPS) is 21.8. The molecule has 0 spiro atoms. The summed E-state index contributed by atoms with van der Waals surface area (Å²) in [6.45, 7) is 5.16. The number of rotatable bonds is 4. The van der Waals surface area contributed by atoms with Crippen molar-refractivity contribution in [2.24, 2.45) is 5.92 Å². The summed E-state index contributed by atoms with van der Waals surface area (Å²) in [5, 5.41) is 0. The fourth-order valence-electron chi connectivity index (χ4n) is 3.21. The van der Waals surface area contributed by atoms with E-state index in [1.807, 2.05) is 13.8 Å². The first-order chi connectivity index (χ1) is 10.5. The largest absolute Gasteiger partial charge is 0.343 e. The summed E-state index contributed by atoms with van der Waals surface area (Å²) in [5.74, 6) is -0.626. The highest BCUT2D eigenvalue weighted by molar-refractivity contribution is 5.85. The molecule has 1 heterocycles. The second kappa shape index (κ2) is 6.90. The summed E-state index contributed by atoms with van der Waals surface area (Å²) in [4.78, 5) is 28.2. The predicted octanol–water partition coefficient (Wildman–Crippen LogP) is 2.60. The molecule has 2 atom stereocenters. The molecule has 2 unspecified atom stereocenters. The lowest BCUT2D eigenvalue weighted by atomic mass is 9.83. The van der Waals surface area contributed by atoms with Crippen LogP contribution in [0.4, 0.5) is 4.39 Å². The summed E-state index contributed by atoms with van der Waals surface area (Å²) >= 11 is 0. The van der Waals surface area contributed by atoms with E-state index in [-0.39, 0.29) is 23.5 Å². The van der Waals surface area contributed by atoms with Crippen molar-refractivity contribution in [3.05, 3.63) is 35.6 Å². The number of nitrogens with zero attached hydrogens (tertiary/aromatic N) is 2. The Balaban J connectivity index is 2.38. The molecule has 0 bridgehead atoms. The smallest absolute Gasteiger partial charge is 0.228 e. The number of carbonyl (C=O) groups is 2. The van der Waals surface area contributed by atoms with Gasteiger partial charge in [-0.15, -0.1) is 0 Å². The molecule has 1 aromatic rings. The number of benzene rings is 1. The molecule has 2 amide bonds. The van der Waals surface area contributed by atoms with Crippen molar-refractivity contribution < 1.29 is 14.0 Å². The maximum atomic E-state index is 13.6. The molecule has 1 saturated heterocycles. The highest BCUT2D eigenvalue weighted by Gasteiger charge is 2.40. The van der Waals surface area contributed by atoms with Gasteiger partial charge in [0.25, 0.3) is 0 Å². The monoisotopic (exact) mass is 306 g/mol. The third kappa shape index (κ3) is 3.13. The van der Waals surface area contributed by atoms with Gasteiger partial charge in [0.05, 0.1) is 12.0 Å². The molecule has 1 aromatic carbocycles. The van der Waals surface area contributed by atoms with Gasteiger partial charge >= 0.3 is 0 Å². The Bertz CT molecular complexity index is 557. The van der Waals surface area contributed by atoms with E-state index in [9.17, 15) is 14.0 Å². The van der Waals surface area contributed by atoms with Crippen molar-refractivity contribution in [2.45, 2.75) is 32.7 Å². The molecule has 2 rings (SSSR count). The molecule has 0 radical (unpaired) electrons. The Kier molecular flexibility index (Phi) is 5.16. The number of halogens is 1. The minimum absolute atomic E-state index is 0.00198. The van der Waals surface area contributed by atoms with Gasteiger partial charge in [-0.05, 0) is 38.0 Å². The molecule has 0 saturated carbocycles. The van der Waals surface area contributed by atoms with E-state index in [4.69, 9.17) is 0 Å². The fourth-order valence-corrected chi connectivity index (χ4v) is 3.21. The molecule has 5 heteroatoms. The van der Waals surface area contributed by atoms with Crippen molar-refractivity contribution in [3.8, 4) is 0 Å². The van der Waals surface area contributed by atoms with Crippen LogP contribution in [0.1, 0.15) is 38.3 Å². The Morgan fingerprint density at radius 1 is 1.36 bits per heavy atom. The van der Waals surface area contributed by atoms with E-state index in [1.54, 1.807) is 29.0 Å². The van der Waals surface area contributed by atoms with Gasteiger partial charge in [-0.3, -0.25) is 9.59 Å². The Morgan fingerprint density at radius 3 is 2.64 bits per heavy atom. The second-order valence-electron chi connectivity index (χ2n) is 5.66. The third-order valence-electron chi connectivity index (χ3n) is 4.44. The van der Waals surface area contributed by atoms with E-state index in [0.29, 0.717) is 31.5 Å². The van der Waals surface area contributed by atoms with Crippen LogP contribution in [0.25, 0.3) is 0 Å². The highest BCUT2D eigenvalue weighted by atomic mass is 19.1. The number of piperidine rings is 1. The number of hydrogen-bond acceptors (Lipinski definition) is 2. The van der Waals surface area contributed by atoms with Crippen LogP contribution in [0.5, 0.6) is 0 Å². The Labute approximate surface area is 130 Å². The van der Waals surface area contributed by atoms with Crippen LogP contribution in [0.3, 0.4) is 0 Å². The van der Waals surface area contributed by atoms with Crippen LogP contribution in [-0.2, 0) is 9.59 Å². The first-order valence-electron chi connectivity index (χ1n) is 7.79. The summed E-state index contributed by atoms with van der Waals surface area (Å²) in [6, 6.07) is 5.80. The molecule has 0 aliphatic carbocycles. The number of hydrogen-bond donors (Lipinski definition) is 0. The van der Waals surface area contributed by atoms with Crippen molar-refractivity contribution in [3.63, 3.8) is 0 Å². The van der Waals surface area contributed by atoms with E-state index in [2.05, 4.69) is 0 Å². The van der Waals surface area contributed by atoms with Gasteiger partial charge in [0.15, 0.2) is 0 Å². The number of amides is 2. The SMILES string of the molecule is CCN(CC)C(=O)C1CCC(=O)N(C)C1c1cccc(F)c1.